The molecule has 98 valence electrons. The van der Waals surface area contributed by atoms with Crippen molar-refractivity contribution in [3.05, 3.63) is 24.0 Å². The van der Waals surface area contributed by atoms with E-state index in [1.165, 1.54) is 28.4 Å². The second kappa shape index (κ2) is 4.27. The van der Waals surface area contributed by atoms with Gasteiger partial charge < -0.3 is 5.11 Å². The number of aliphatic carboxylic acids is 1. The summed E-state index contributed by atoms with van der Waals surface area (Å²) >= 11 is 1.26. The lowest BCUT2D eigenvalue weighted by Gasteiger charge is -2.10. The average molecular weight is 280 g/mol. The average Bonchev–Trinajstić information content (AvgIpc) is 2.91. The maximum absolute atomic E-state index is 13.1. The maximum Gasteiger partial charge on any atom is 0.308 e. The van der Waals surface area contributed by atoms with Crippen LogP contribution in [-0.4, -0.2) is 28.5 Å². The van der Waals surface area contributed by atoms with E-state index in [9.17, 15) is 14.0 Å². The number of amides is 1. The molecule has 3 rings (SSSR count). The number of anilines is 1. The third-order valence-electron chi connectivity index (χ3n) is 3.04. The molecule has 1 unspecified atom stereocenters. The van der Waals surface area contributed by atoms with Crippen LogP contribution in [0.5, 0.6) is 0 Å². The highest BCUT2D eigenvalue weighted by Crippen LogP contribution is 2.33. The van der Waals surface area contributed by atoms with E-state index in [2.05, 4.69) is 4.98 Å². The van der Waals surface area contributed by atoms with Crippen LogP contribution in [0.2, 0.25) is 0 Å². The molecular formula is C12H9FN2O3S. The molecule has 1 saturated heterocycles. The summed E-state index contributed by atoms with van der Waals surface area (Å²) in [5.41, 5.74) is 0.478. The lowest BCUT2D eigenvalue weighted by molar-refractivity contribution is -0.141. The molecule has 2 heterocycles. The van der Waals surface area contributed by atoms with Crippen molar-refractivity contribution in [2.45, 2.75) is 6.42 Å². The molecule has 1 N–H and O–H groups in total. The van der Waals surface area contributed by atoms with Gasteiger partial charge in [0.15, 0.2) is 5.13 Å². The van der Waals surface area contributed by atoms with Crippen LogP contribution >= 0.6 is 11.3 Å². The molecule has 1 amide bonds. The number of carbonyl (C=O) groups excluding carboxylic acids is 1. The first-order chi connectivity index (χ1) is 9.04. The fourth-order valence-corrected chi connectivity index (χ4v) is 3.03. The van der Waals surface area contributed by atoms with Gasteiger partial charge in [-0.05, 0) is 12.1 Å². The highest BCUT2D eigenvalue weighted by molar-refractivity contribution is 7.22. The van der Waals surface area contributed by atoms with Crippen LogP contribution in [0.4, 0.5) is 9.52 Å². The minimum atomic E-state index is -0.983. The first-order valence-corrected chi connectivity index (χ1v) is 6.45. The molecule has 2 aromatic rings. The molecule has 1 fully saturated rings. The first kappa shape index (κ1) is 12.0. The van der Waals surface area contributed by atoms with Crippen LogP contribution in [0.15, 0.2) is 18.2 Å². The fourth-order valence-electron chi connectivity index (χ4n) is 2.06. The van der Waals surface area contributed by atoms with Gasteiger partial charge in [0.2, 0.25) is 5.91 Å². The standard InChI is InChI=1S/C12H9FN2O3S/c13-7-1-2-9-8(4-7)14-12(19-9)15-5-6(11(17)18)3-10(15)16/h1-2,4,6H,3,5H2,(H,17,18). The molecule has 0 aliphatic carbocycles. The van der Waals surface area contributed by atoms with Crippen LogP contribution in [0.3, 0.4) is 0 Å². The van der Waals surface area contributed by atoms with Gasteiger partial charge in [0.05, 0.1) is 16.1 Å². The Bertz CT molecular complexity index is 685. The minimum Gasteiger partial charge on any atom is -0.481 e. The lowest BCUT2D eigenvalue weighted by Crippen LogP contribution is -2.25. The number of carboxylic acids is 1. The second-order valence-electron chi connectivity index (χ2n) is 4.35. The summed E-state index contributed by atoms with van der Waals surface area (Å²) in [6.07, 6.45) is -0.0143. The highest BCUT2D eigenvalue weighted by atomic mass is 32.1. The van der Waals surface area contributed by atoms with E-state index >= 15 is 0 Å². The van der Waals surface area contributed by atoms with Crippen molar-refractivity contribution in [1.82, 2.24) is 4.98 Å². The SMILES string of the molecule is O=C(O)C1CC(=O)N(c2nc3cc(F)ccc3s2)C1. The molecule has 0 saturated carbocycles. The van der Waals surface area contributed by atoms with Gasteiger partial charge in [-0.2, -0.15) is 0 Å². The Morgan fingerprint density at radius 1 is 1.53 bits per heavy atom. The number of hydrogen-bond donors (Lipinski definition) is 1. The van der Waals surface area contributed by atoms with Crippen molar-refractivity contribution in [2.24, 2.45) is 5.92 Å². The topological polar surface area (TPSA) is 70.5 Å². The molecular weight excluding hydrogens is 271 g/mol. The van der Waals surface area contributed by atoms with Crippen LogP contribution in [0, 0.1) is 11.7 Å². The summed E-state index contributed by atoms with van der Waals surface area (Å²) in [5.74, 6) is -2.33. The number of hydrogen-bond acceptors (Lipinski definition) is 4. The van der Waals surface area contributed by atoms with Gasteiger partial charge in [-0.3, -0.25) is 14.5 Å². The Hall–Kier alpha value is -2.02. The van der Waals surface area contributed by atoms with Crippen molar-refractivity contribution >= 4 is 38.6 Å². The number of carbonyl (C=O) groups is 2. The molecule has 5 nitrogen and oxygen atoms in total. The quantitative estimate of drug-likeness (QED) is 0.911. The van der Waals surface area contributed by atoms with Crippen molar-refractivity contribution in [1.29, 1.82) is 0 Å². The Balaban J connectivity index is 1.96. The van der Waals surface area contributed by atoms with Crippen molar-refractivity contribution in [3.63, 3.8) is 0 Å². The normalized spacial score (nSPS) is 19.3. The van der Waals surface area contributed by atoms with Gasteiger partial charge in [0.1, 0.15) is 5.82 Å². The number of carboxylic acid groups (broad SMARTS) is 1. The fraction of sp³-hybridized carbons (Fsp3) is 0.250. The van der Waals surface area contributed by atoms with Crippen LogP contribution < -0.4 is 4.90 Å². The smallest absolute Gasteiger partial charge is 0.308 e. The molecule has 0 radical (unpaired) electrons. The van der Waals surface area contributed by atoms with Gasteiger partial charge in [0, 0.05) is 19.0 Å². The molecule has 1 aliphatic heterocycles. The van der Waals surface area contributed by atoms with E-state index < -0.39 is 11.9 Å². The molecule has 1 aliphatic rings. The zero-order valence-corrected chi connectivity index (χ0v) is 10.5. The molecule has 7 heteroatoms. The van der Waals surface area contributed by atoms with Gasteiger partial charge in [0.25, 0.3) is 0 Å². The van der Waals surface area contributed by atoms with Crippen molar-refractivity contribution in [2.75, 3.05) is 11.4 Å². The first-order valence-electron chi connectivity index (χ1n) is 5.64. The third-order valence-corrected chi connectivity index (χ3v) is 4.10. The number of fused-ring (bicyclic) bond motifs is 1. The van der Waals surface area contributed by atoms with Crippen LogP contribution in [-0.2, 0) is 9.59 Å². The summed E-state index contributed by atoms with van der Waals surface area (Å²) < 4.78 is 13.8. The predicted molar refractivity (Wildman–Crippen MR) is 67.7 cm³/mol. The Kier molecular flexibility index (Phi) is 2.70. The van der Waals surface area contributed by atoms with Crippen LogP contribution in [0.25, 0.3) is 10.2 Å². The minimum absolute atomic E-state index is 0.0143. The Morgan fingerprint density at radius 2 is 2.32 bits per heavy atom. The van der Waals surface area contributed by atoms with E-state index in [0.29, 0.717) is 10.6 Å². The molecule has 0 bridgehead atoms. The van der Waals surface area contributed by atoms with Gasteiger partial charge in [-0.1, -0.05) is 11.3 Å². The molecule has 1 atom stereocenters. The third kappa shape index (κ3) is 2.06. The molecule has 19 heavy (non-hydrogen) atoms. The number of thiazole rings is 1. The molecule has 1 aromatic heterocycles. The zero-order chi connectivity index (χ0) is 13.6. The van der Waals surface area contributed by atoms with E-state index in [4.69, 9.17) is 5.11 Å². The van der Waals surface area contributed by atoms with Crippen molar-refractivity contribution < 1.29 is 19.1 Å². The van der Waals surface area contributed by atoms with E-state index in [1.807, 2.05) is 0 Å². The zero-order valence-electron chi connectivity index (χ0n) is 9.67. The van der Waals surface area contributed by atoms with E-state index in [-0.39, 0.29) is 24.7 Å². The summed E-state index contributed by atoms with van der Waals surface area (Å²) in [4.78, 5) is 28.2. The second-order valence-corrected chi connectivity index (χ2v) is 5.36. The number of nitrogens with zero attached hydrogens (tertiary/aromatic N) is 2. The van der Waals surface area contributed by atoms with Crippen LogP contribution in [0.1, 0.15) is 6.42 Å². The monoisotopic (exact) mass is 280 g/mol. The van der Waals surface area contributed by atoms with Gasteiger partial charge >= 0.3 is 5.97 Å². The van der Waals surface area contributed by atoms with E-state index in [0.717, 1.165) is 4.70 Å². The number of rotatable bonds is 2. The summed E-state index contributed by atoms with van der Waals surface area (Å²) in [7, 11) is 0. The summed E-state index contributed by atoms with van der Waals surface area (Å²) in [6.45, 7) is 0.121. The largest absolute Gasteiger partial charge is 0.481 e. The Labute approximate surface area is 111 Å². The van der Waals surface area contributed by atoms with Gasteiger partial charge in [-0.25, -0.2) is 9.37 Å². The van der Waals surface area contributed by atoms with E-state index in [1.54, 1.807) is 6.07 Å². The summed E-state index contributed by atoms with van der Waals surface area (Å²) in [6, 6.07) is 4.22. The van der Waals surface area contributed by atoms with Gasteiger partial charge in [-0.15, -0.1) is 0 Å². The molecule has 0 spiro atoms. The highest BCUT2D eigenvalue weighted by Gasteiger charge is 2.36. The predicted octanol–water partition coefficient (Wildman–Crippen LogP) is 1.87. The Morgan fingerprint density at radius 3 is 3.00 bits per heavy atom. The number of halogens is 1. The van der Waals surface area contributed by atoms with Crippen molar-refractivity contribution in [3.8, 4) is 0 Å². The molecule has 1 aromatic carbocycles. The summed E-state index contributed by atoms with van der Waals surface area (Å²) in [5, 5.41) is 9.35. The maximum atomic E-state index is 13.1. The number of benzene rings is 1. The lowest BCUT2D eigenvalue weighted by atomic mass is 10.1. The number of aromatic nitrogens is 1.